The molecule has 6 nitrogen and oxygen atoms in total. The average molecular weight is 358 g/mol. The third-order valence-electron chi connectivity index (χ3n) is 4.11. The number of carbonyl (C=O) groups excluding carboxylic acids is 1. The van der Waals surface area contributed by atoms with Crippen molar-refractivity contribution in [2.75, 3.05) is 34.8 Å². The first-order valence-electron chi connectivity index (χ1n) is 8.70. The first-order valence-corrected chi connectivity index (χ1v) is 8.70. The molecule has 1 aromatic rings. The number of hydrogen-bond acceptors (Lipinski definition) is 5. The Hall–Kier alpha value is -2.47. The van der Waals surface area contributed by atoms with Crippen LogP contribution in [0.1, 0.15) is 25.3 Å². The standard InChI is InChI=1S/C20H30N4O2/c1-7-15(12-13-24(4)5)20(25)23-19(22-3)14-17(21-2)16-10-8-9-11-18(16)26-6/h8-11,14-15H,2,7,12-13H2,1,3-6H3,(H,22,23,25)/b17-14-. The second-order valence-corrected chi connectivity index (χ2v) is 6.18. The van der Waals surface area contributed by atoms with Crippen LogP contribution < -0.4 is 10.1 Å². The highest BCUT2D eigenvalue weighted by Gasteiger charge is 2.18. The summed E-state index contributed by atoms with van der Waals surface area (Å²) in [7, 11) is 7.24. The fraction of sp³-hybridized carbons (Fsp3) is 0.450. The maximum Gasteiger partial charge on any atom is 0.228 e. The molecule has 1 unspecified atom stereocenters. The molecule has 0 fully saturated rings. The van der Waals surface area contributed by atoms with Crippen molar-refractivity contribution < 1.29 is 9.53 Å². The Kier molecular flexibility index (Phi) is 9.30. The van der Waals surface area contributed by atoms with Crippen molar-refractivity contribution in [3.05, 3.63) is 35.9 Å². The Labute approximate surface area is 156 Å². The number of hydrogen-bond donors (Lipinski definition) is 1. The summed E-state index contributed by atoms with van der Waals surface area (Å²) >= 11 is 0. The monoisotopic (exact) mass is 358 g/mol. The van der Waals surface area contributed by atoms with Crippen molar-refractivity contribution in [2.24, 2.45) is 15.9 Å². The summed E-state index contributed by atoms with van der Waals surface area (Å²) in [5.41, 5.74) is 1.38. The number of rotatable bonds is 9. The van der Waals surface area contributed by atoms with Crippen molar-refractivity contribution in [3.63, 3.8) is 0 Å². The van der Waals surface area contributed by atoms with Gasteiger partial charge in [-0.2, -0.15) is 0 Å². The molecule has 0 aliphatic rings. The number of carbonyl (C=O) groups is 1. The van der Waals surface area contributed by atoms with E-state index in [-0.39, 0.29) is 11.8 Å². The number of ether oxygens (including phenoxy) is 1. The molecular formula is C20H30N4O2. The summed E-state index contributed by atoms with van der Waals surface area (Å²) in [5, 5.41) is 2.90. The third-order valence-corrected chi connectivity index (χ3v) is 4.11. The Balaban J connectivity index is 2.97. The van der Waals surface area contributed by atoms with Crippen LogP contribution in [0.25, 0.3) is 5.70 Å². The van der Waals surface area contributed by atoms with Gasteiger partial charge >= 0.3 is 0 Å². The molecule has 1 aromatic carbocycles. The average Bonchev–Trinajstić information content (AvgIpc) is 2.65. The Morgan fingerprint density at radius 2 is 2.08 bits per heavy atom. The molecule has 142 valence electrons. The van der Waals surface area contributed by atoms with Crippen LogP contribution >= 0.6 is 0 Å². The highest BCUT2D eigenvalue weighted by Crippen LogP contribution is 2.26. The summed E-state index contributed by atoms with van der Waals surface area (Å²) in [6.07, 6.45) is 3.29. The van der Waals surface area contributed by atoms with Crippen LogP contribution in [0.5, 0.6) is 5.75 Å². The molecule has 1 rings (SSSR count). The molecule has 0 aromatic heterocycles. The summed E-state index contributed by atoms with van der Waals surface area (Å²) in [6, 6.07) is 7.52. The van der Waals surface area contributed by atoms with Gasteiger partial charge in [0.15, 0.2) is 0 Å². The molecular weight excluding hydrogens is 328 g/mol. The molecule has 0 saturated carbocycles. The van der Waals surface area contributed by atoms with Gasteiger partial charge in [0.25, 0.3) is 0 Å². The van der Waals surface area contributed by atoms with Crippen LogP contribution in [0.4, 0.5) is 0 Å². The van der Waals surface area contributed by atoms with Crippen LogP contribution in [0.15, 0.2) is 40.3 Å². The molecule has 1 N–H and O–H groups in total. The minimum absolute atomic E-state index is 0.0327. The van der Waals surface area contributed by atoms with Crippen LogP contribution in [-0.4, -0.2) is 58.2 Å². The number of nitrogens with zero attached hydrogens (tertiary/aromatic N) is 3. The number of aliphatic imine (C=N–C) groups is 2. The van der Waals surface area contributed by atoms with Crippen LogP contribution in [0, 0.1) is 5.92 Å². The van der Waals surface area contributed by atoms with Gasteiger partial charge < -0.3 is 15.0 Å². The van der Waals surface area contributed by atoms with Gasteiger partial charge in [0.1, 0.15) is 11.6 Å². The lowest BCUT2D eigenvalue weighted by atomic mass is 10.0. The van der Waals surface area contributed by atoms with Crippen LogP contribution in [-0.2, 0) is 4.79 Å². The molecule has 0 aliphatic heterocycles. The molecule has 0 spiro atoms. The zero-order valence-corrected chi connectivity index (χ0v) is 16.5. The lowest BCUT2D eigenvalue weighted by Crippen LogP contribution is -2.36. The van der Waals surface area contributed by atoms with Gasteiger partial charge in [0, 0.05) is 24.6 Å². The van der Waals surface area contributed by atoms with Gasteiger partial charge in [-0.25, -0.2) is 0 Å². The van der Waals surface area contributed by atoms with E-state index < -0.39 is 0 Å². The van der Waals surface area contributed by atoms with Crippen molar-refractivity contribution in [2.45, 2.75) is 19.8 Å². The normalized spacial score (nSPS) is 13.5. The minimum atomic E-state index is -0.0612. The number of benzene rings is 1. The van der Waals surface area contributed by atoms with Gasteiger partial charge in [-0.15, -0.1) is 0 Å². The third kappa shape index (κ3) is 6.44. The van der Waals surface area contributed by atoms with Crippen molar-refractivity contribution in [3.8, 4) is 5.75 Å². The lowest BCUT2D eigenvalue weighted by Gasteiger charge is -2.17. The molecule has 26 heavy (non-hydrogen) atoms. The fourth-order valence-corrected chi connectivity index (χ4v) is 2.51. The van der Waals surface area contributed by atoms with Crippen molar-refractivity contribution in [1.82, 2.24) is 10.2 Å². The number of methoxy groups -OCH3 is 1. The smallest absolute Gasteiger partial charge is 0.228 e. The first kappa shape index (κ1) is 21.6. The molecule has 6 heteroatoms. The Morgan fingerprint density at radius 1 is 1.38 bits per heavy atom. The zero-order chi connectivity index (χ0) is 19.5. The first-order chi connectivity index (χ1) is 12.5. The van der Waals surface area contributed by atoms with Gasteiger partial charge in [-0.1, -0.05) is 19.1 Å². The molecule has 0 bridgehead atoms. The van der Waals surface area contributed by atoms with Gasteiger partial charge in [-0.3, -0.25) is 14.8 Å². The Morgan fingerprint density at radius 3 is 2.62 bits per heavy atom. The van der Waals surface area contributed by atoms with E-state index in [1.165, 1.54) is 0 Å². The Bertz CT molecular complexity index is 666. The van der Waals surface area contributed by atoms with E-state index in [2.05, 4.69) is 26.9 Å². The highest BCUT2D eigenvalue weighted by molar-refractivity contribution is 6.08. The number of para-hydroxylation sites is 1. The van der Waals surface area contributed by atoms with Gasteiger partial charge in [0.2, 0.25) is 5.91 Å². The maximum atomic E-state index is 12.6. The molecule has 0 heterocycles. The molecule has 0 radical (unpaired) electrons. The highest BCUT2D eigenvalue weighted by atomic mass is 16.5. The quantitative estimate of drug-likeness (QED) is 0.545. The second-order valence-electron chi connectivity index (χ2n) is 6.18. The maximum absolute atomic E-state index is 12.6. The number of nitrogens with one attached hydrogen (secondary N) is 1. The summed E-state index contributed by atoms with van der Waals surface area (Å²) in [6.45, 7) is 6.51. The summed E-state index contributed by atoms with van der Waals surface area (Å²) in [5.74, 6) is 1.04. The molecule has 1 atom stereocenters. The summed E-state index contributed by atoms with van der Waals surface area (Å²) < 4.78 is 5.37. The van der Waals surface area contributed by atoms with E-state index in [4.69, 9.17) is 4.74 Å². The van der Waals surface area contributed by atoms with Crippen molar-refractivity contribution >= 4 is 24.2 Å². The van der Waals surface area contributed by atoms with E-state index in [1.54, 1.807) is 20.2 Å². The SMILES string of the molecule is C=N/C(=C\C(=NC)NC(=O)C(CC)CCN(C)C)c1ccccc1OC. The fourth-order valence-electron chi connectivity index (χ4n) is 2.51. The van der Waals surface area contributed by atoms with E-state index in [1.807, 2.05) is 45.3 Å². The van der Waals surface area contributed by atoms with E-state index in [9.17, 15) is 4.79 Å². The van der Waals surface area contributed by atoms with Crippen LogP contribution in [0.3, 0.4) is 0 Å². The van der Waals surface area contributed by atoms with Crippen molar-refractivity contribution in [1.29, 1.82) is 0 Å². The molecule has 1 amide bonds. The largest absolute Gasteiger partial charge is 0.496 e. The minimum Gasteiger partial charge on any atom is -0.496 e. The lowest BCUT2D eigenvalue weighted by molar-refractivity contribution is -0.123. The molecule has 0 aliphatic carbocycles. The van der Waals surface area contributed by atoms with Gasteiger partial charge in [-0.05, 0) is 52.3 Å². The van der Waals surface area contributed by atoms with Crippen LogP contribution in [0.2, 0.25) is 0 Å². The number of amides is 1. The topological polar surface area (TPSA) is 66.3 Å². The summed E-state index contributed by atoms with van der Waals surface area (Å²) in [4.78, 5) is 22.9. The van der Waals surface area contributed by atoms with Gasteiger partial charge in [0.05, 0.1) is 12.8 Å². The zero-order valence-electron chi connectivity index (χ0n) is 16.5. The van der Waals surface area contributed by atoms with E-state index in [0.717, 1.165) is 24.9 Å². The predicted molar refractivity (Wildman–Crippen MR) is 109 cm³/mol. The number of amidine groups is 1. The van der Waals surface area contributed by atoms with E-state index in [0.29, 0.717) is 17.3 Å². The van der Waals surface area contributed by atoms with E-state index >= 15 is 0 Å². The molecule has 0 saturated heterocycles. The second kappa shape index (κ2) is 11.2. The predicted octanol–water partition coefficient (Wildman–Crippen LogP) is 2.86.